The minimum absolute atomic E-state index is 0.855. The van der Waals surface area contributed by atoms with Crippen molar-refractivity contribution in [3.63, 3.8) is 0 Å². The molecule has 244 valence electrons. The first-order valence-electron chi connectivity index (χ1n) is 17.5. The zero-order valence-electron chi connectivity index (χ0n) is 27.9. The highest BCUT2D eigenvalue weighted by molar-refractivity contribution is 7.18. The van der Waals surface area contributed by atoms with Crippen molar-refractivity contribution < 1.29 is 8.83 Å². The molecule has 0 aliphatic carbocycles. The summed E-state index contributed by atoms with van der Waals surface area (Å²) in [7, 11) is 0. The fourth-order valence-electron chi connectivity index (χ4n) is 7.82. The summed E-state index contributed by atoms with van der Waals surface area (Å²) in [6.45, 7) is 0. The molecule has 52 heavy (non-hydrogen) atoms. The maximum atomic E-state index is 6.55. The number of fused-ring (bicyclic) bond motifs is 10. The first-order chi connectivity index (χ1) is 25.7. The van der Waals surface area contributed by atoms with E-state index < -0.39 is 0 Å². The number of benzene rings is 8. The van der Waals surface area contributed by atoms with Crippen LogP contribution in [0.5, 0.6) is 0 Å². The van der Waals surface area contributed by atoms with Gasteiger partial charge in [-0.1, -0.05) is 103 Å². The van der Waals surface area contributed by atoms with E-state index in [4.69, 9.17) is 8.83 Å². The molecule has 0 aliphatic heterocycles. The van der Waals surface area contributed by atoms with Crippen LogP contribution in [0.25, 0.3) is 86.3 Å². The molecule has 0 bridgehead atoms. The largest absolute Gasteiger partial charge is 0.456 e. The normalized spacial score (nSPS) is 11.8. The van der Waals surface area contributed by atoms with E-state index in [-0.39, 0.29) is 0 Å². The van der Waals surface area contributed by atoms with Gasteiger partial charge in [-0.2, -0.15) is 0 Å². The van der Waals surface area contributed by atoms with E-state index in [1.165, 1.54) is 42.4 Å². The van der Waals surface area contributed by atoms with Crippen LogP contribution in [-0.4, -0.2) is 0 Å². The van der Waals surface area contributed by atoms with E-state index in [0.717, 1.165) is 60.9 Å². The predicted molar refractivity (Wildman–Crippen MR) is 219 cm³/mol. The lowest BCUT2D eigenvalue weighted by molar-refractivity contribution is 0.669. The van der Waals surface area contributed by atoms with Crippen LogP contribution >= 0.6 is 11.3 Å². The number of furan rings is 2. The van der Waals surface area contributed by atoms with Crippen molar-refractivity contribution in [1.29, 1.82) is 0 Å². The Balaban J connectivity index is 1.07. The SMILES string of the molecule is c1ccc(-c2ccc(-c3ccc(N(c4ccc5c(c4)oc4ccc6ccccc6c45)c4ccc5c(c4)oc4ccc6ccccc6c45)cc3)s2)cc1. The third kappa shape index (κ3) is 4.58. The monoisotopic (exact) mass is 683 g/mol. The summed E-state index contributed by atoms with van der Waals surface area (Å²) >= 11 is 1.82. The Kier molecular flexibility index (Phi) is 6.42. The molecule has 0 N–H and O–H groups in total. The zero-order valence-corrected chi connectivity index (χ0v) is 28.7. The maximum Gasteiger partial charge on any atom is 0.137 e. The second kappa shape index (κ2) is 11.5. The van der Waals surface area contributed by atoms with E-state index in [1.807, 2.05) is 11.3 Å². The Morgan fingerprint density at radius 1 is 0.346 bits per heavy atom. The first kappa shape index (κ1) is 29.1. The highest BCUT2D eigenvalue weighted by Gasteiger charge is 2.19. The fraction of sp³-hybridized carbons (Fsp3) is 0. The maximum absolute atomic E-state index is 6.55. The van der Waals surface area contributed by atoms with Gasteiger partial charge in [0.1, 0.15) is 22.3 Å². The summed E-state index contributed by atoms with van der Waals surface area (Å²) in [6, 6.07) is 62.5. The van der Waals surface area contributed by atoms with Gasteiger partial charge in [-0.3, -0.25) is 0 Å². The van der Waals surface area contributed by atoms with Crippen LogP contribution < -0.4 is 4.90 Å². The number of hydrogen-bond acceptors (Lipinski definition) is 4. The molecular weight excluding hydrogens is 655 g/mol. The molecule has 0 saturated carbocycles. The molecule has 0 fully saturated rings. The molecule has 11 rings (SSSR count). The lowest BCUT2D eigenvalue weighted by Gasteiger charge is -2.25. The summed E-state index contributed by atoms with van der Waals surface area (Å²) < 4.78 is 13.1. The number of thiophene rings is 1. The molecule has 4 heteroatoms. The van der Waals surface area contributed by atoms with E-state index in [2.05, 4.69) is 181 Å². The summed E-state index contributed by atoms with van der Waals surface area (Å²) in [5.74, 6) is 0. The van der Waals surface area contributed by atoms with Crippen molar-refractivity contribution in [2.24, 2.45) is 0 Å². The molecule has 3 nitrogen and oxygen atoms in total. The molecule has 11 aromatic rings. The molecule has 3 aromatic heterocycles. The Labute approximate surface area is 303 Å². The number of nitrogens with zero attached hydrogens (tertiary/aromatic N) is 1. The standard InChI is InChI=1S/C48H29NO2S/c1-2-10-32(11-3-1)45-26-27-46(52-45)33-14-18-34(19-15-33)49(35-20-22-39-43(28-35)50-41-24-16-30-8-4-6-12-37(30)47(39)41)36-21-23-40-44(29-36)51-42-25-17-31-9-5-7-13-38(31)48(40)42/h1-29H. The van der Waals surface area contributed by atoms with Crippen LogP contribution in [0.2, 0.25) is 0 Å². The average molecular weight is 684 g/mol. The molecule has 0 unspecified atom stereocenters. The summed E-state index contributed by atoms with van der Waals surface area (Å²) in [5, 5.41) is 9.33. The van der Waals surface area contributed by atoms with Crippen molar-refractivity contribution in [2.45, 2.75) is 0 Å². The predicted octanol–water partition coefficient (Wildman–Crippen LogP) is 14.7. The van der Waals surface area contributed by atoms with Gasteiger partial charge in [-0.05, 0) is 93.3 Å². The van der Waals surface area contributed by atoms with Crippen LogP contribution in [0.4, 0.5) is 17.1 Å². The molecular formula is C48H29NO2S. The Morgan fingerprint density at radius 2 is 0.827 bits per heavy atom. The van der Waals surface area contributed by atoms with Gasteiger partial charge in [0.25, 0.3) is 0 Å². The highest BCUT2D eigenvalue weighted by Crippen LogP contribution is 2.44. The quantitative estimate of drug-likeness (QED) is 0.181. The fourth-order valence-corrected chi connectivity index (χ4v) is 8.84. The lowest BCUT2D eigenvalue weighted by Crippen LogP contribution is -2.09. The summed E-state index contributed by atoms with van der Waals surface area (Å²) in [5.41, 5.74) is 8.98. The minimum atomic E-state index is 0.855. The van der Waals surface area contributed by atoms with Crippen LogP contribution in [0.1, 0.15) is 0 Å². The van der Waals surface area contributed by atoms with E-state index in [1.54, 1.807) is 0 Å². The molecule has 0 amide bonds. The second-order valence-corrected chi connectivity index (χ2v) is 14.4. The smallest absolute Gasteiger partial charge is 0.137 e. The Hall–Kier alpha value is -6.62. The topological polar surface area (TPSA) is 29.5 Å². The van der Waals surface area contributed by atoms with Gasteiger partial charge < -0.3 is 13.7 Å². The van der Waals surface area contributed by atoms with Crippen LogP contribution in [-0.2, 0) is 0 Å². The van der Waals surface area contributed by atoms with Gasteiger partial charge in [0.2, 0.25) is 0 Å². The second-order valence-electron chi connectivity index (χ2n) is 13.3. The van der Waals surface area contributed by atoms with E-state index >= 15 is 0 Å². The van der Waals surface area contributed by atoms with Gasteiger partial charge in [-0.25, -0.2) is 0 Å². The lowest BCUT2D eigenvalue weighted by atomic mass is 10.0. The molecule has 0 saturated heterocycles. The van der Waals surface area contributed by atoms with Crippen molar-refractivity contribution in [2.75, 3.05) is 4.90 Å². The Morgan fingerprint density at radius 3 is 1.38 bits per heavy atom. The summed E-state index contributed by atoms with van der Waals surface area (Å²) in [4.78, 5) is 4.80. The first-order valence-corrected chi connectivity index (χ1v) is 18.3. The van der Waals surface area contributed by atoms with E-state index in [0.29, 0.717) is 0 Å². The van der Waals surface area contributed by atoms with Gasteiger partial charge in [-0.15, -0.1) is 11.3 Å². The van der Waals surface area contributed by atoms with Gasteiger partial charge in [0.15, 0.2) is 0 Å². The van der Waals surface area contributed by atoms with Crippen molar-refractivity contribution in [1.82, 2.24) is 0 Å². The number of rotatable bonds is 5. The van der Waals surface area contributed by atoms with E-state index in [9.17, 15) is 0 Å². The van der Waals surface area contributed by atoms with Crippen LogP contribution in [0, 0.1) is 0 Å². The molecule has 0 spiro atoms. The molecule has 0 aliphatic rings. The van der Waals surface area contributed by atoms with Crippen molar-refractivity contribution in [3.8, 4) is 20.9 Å². The van der Waals surface area contributed by atoms with Gasteiger partial charge in [0, 0.05) is 60.5 Å². The van der Waals surface area contributed by atoms with Crippen LogP contribution in [0.3, 0.4) is 0 Å². The summed E-state index contributed by atoms with van der Waals surface area (Å²) in [6.07, 6.45) is 0. The van der Waals surface area contributed by atoms with Crippen LogP contribution in [0.15, 0.2) is 185 Å². The van der Waals surface area contributed by atoms with Gasteiger partial charge in [0.05, 0.1) is 0 Å². The molecule has 3 heterocycles. The highest BCUT2D eigenvalue weighted by atomic mass is 32.1. The number of anilines is 3. The third-order valence-electron chi connectivity index (χ3n) is 10.3. The minimum Gasteiger partial charge on any atom is -0.456 e. The third-order valence-corrected chi connectivity index (χ3v) is 11.5. The zero-order chi connectivity index (χ0) is 34.2. The molecule has 0 radical (unpaired) electrons. The van der Waals surface area contributed by atoms with Gasteiger partial charge >= 0.3 is 0 Å². The molecule has 0 atom stereocenters. The number of hydrogen-bond donors (Lipinski definition) is 0. The molecule has 8 aromatic carbocycles. The Bertz CT molecular complexity index is 2980. The average Bonchev–Trinajstić information content (AvgIpc) is 3.94. The van der Waals surface area contributed by atoms with Crippen molar-refractivity contribution >= 4 is 93.8 Å². The van der Waals surface area contributed by atoms with Crippen molar-refractivity contribution in [3.05, 3.63) is 176 Å².